The van der Waals surface area contributed by atoms with Crippen molar-refractivity contribution in [3.05, 3.63) is 35.8 Å². The number of aromatic nitrogens is 2. The molecule has 2 aromatic heterocycles. The standard InChI is InChI=1S/C14H20N4/c1-2-17-6-3-4-13(17)12-10-18-7-5-11(9-15)8-14(18)16-12/h5,7-8,10,13H,2-4,6,9,15H2,1H3. The van der Waals surface area contributed by atoms with Crippen LogP contribution in [0.4, 0.5) is 0 Å². The van der Waals surface area contributed by atoms with Crippen molar-refractivity contribution in [2.24, 2.45) is 5.73 Å². The smallest absolute Gasteiger partial charge is 0.137 e. The summed E-state index contributed by atoms with van der Waals surface area (Å²) >= 11 is 0. The second kappa shape index (κ2) is 4.71. The fraction of sp³-hybridized carbons (Fsp3) is 0.500. The number of nitrogens with two attached hydrogens (primary N) is 1. The van der Waals surface area contributed by atoms with Crippen molar-refractivity contribution >= 4 is 5.65 Å². The molecule has 96 valence electrons. The highest BCUT2D eigenvalue weighted by atomic mass is 15.2. The lowest BCUT2D eigenvalue weighted by atomic mass is 10.1. The molecule has 0 radical (unpaired) electrons. The van der Waals surface area contributed by atoms with Crippen LogP contribution in [0.1, 0.15) is 37.1 Å². The quantitative estimate of drug-likeness (QED) is 0.897. The lowest BCUT2D eigenvalue weighted by Crippen LogP contribution is -2.22. The van der Waals surface area contributed by atoms with E-state index in [0.29, 0.717) is 12.6 Å². The molecule has 0 aromatic carbocycles. The molecule has 1 unspecified atom stereocenters. The van der Waals surface area contributed by atoms with Gasteiger partial charge < -0.3 is 10.1 Å². The van der Waals surface area contributed by atoms with Crippen molar-refractivity contribution in [1.82, 2.24) is 14.3 Å². The van der Waals surface area contributed by atoms with Crippen LogP contribution >= 0.6 is 0 Å². The first-order valence-electron chi connectivity index (χ1n) is 6.73. The molecule has 3 heterocycles. The van der Waals surface area contributed by atoms with E-state index in [9.17, 15) is 0 Å². The first-order chi connectivity index (χ1) is 8.81. The van der Waals surface area contributed by atoms with E-state index in [0.717, 1.165) is 17.8 Å². The van der Waals surface area contributed by atoms with E-state index in [1.165, 1.54) is 25.1 Å². The number of nitrogens with zero attached hydrogens (tertiary/aromatic N) is 3. The van der Waals surface area contributed by atoms with Crippen molar-refractivity contribution < 1.29 is 0 Å². The predicted molar refractivity (Wildman–Crippen MR) is 72.3 cm³/mol. The van der Waals surface area contributed by atoms with Gasteiger partial charge in [-0.25, -0.2) is 4.98 Å². The van der Waals surface area contributed by atoms with Gasteiger partial charge in [0.1, 0.15) is 5.65 Å². The highest BCUT2D eigenvalue weighted by molar-refractivity contribution is 5.43. The summed E-state index contributed by atoms with van der Waals surface area (Å²) in [5, 5.41) is 0. The Kier molecular flexibility index (Phi) is 3.06. The van der Waals surface area contributed by atoms with Crippen LogP contribution in [-0.4, -0.2) is 27.4 Å². The normalized spacial score (nSPS) is 20.9. The topological polar surface area (TPSA) is 46.6 Å². The highest BCUT2D eigenvalue weighted by Gasteiger charge is 2.26. The van der Waals surface area contributed by atoms with Gasteiger partial charge in [0, 0.05) is 18.9 Å². The fourth-order valence-corrected chi connectivity index (χ4v) is 2.87. The third kappa shape index (κ3) is 1.91. The zero-order valence-electron chi connectivity index (χ0n) is 10.8. The van der Waals surface area contributed by atoms with E-state index >= 15 is 0 Å². The first-order valence-corrected chi connectivity index (χ1v) is 6.73. The molecule has 0 saturated carbocycles. The Labute approximate surface area is 107 Å². The Morgan fingerprint density at radius 2 is 2.39 bits per heavy atom. The molecule has 1 atom stereocenters. The summed E-state index contributed by atoms with van der Waals surface area (Å²) in [6.45, 7) is 5.10. The molecular formula is C14H20N4. The van der Waals surface area contributed by atoms with Gasteiger partial charge in [0.05, 0.1) is 11.7 Å². The van der Waals surface area contributed by atoms with Crippen LogP contribution < -0.4 is 5.73 Å². The minimum atomic E-state index is 0.497. The average Bonchev–Trinajstić information content (AvgIpc) is 3.03. The minimum Gasteiger partial charge on any atom is -0.326 e. The Bertz CT molecular complexity index is 546. The van der Waals surface area contributed by atoms with Crippen molar-refractivity contribution in [3.8, 4) is 0 Å². The maximum atomic E-state index is 5.67. The van der Waals surface area contributed by atoms with Gasteiger partial charge in [-0.05, 0) is 43.6 Å². The van der Waals surface area contributed by atoms with E-state index in [4.69, 9.17) is 10.7 Å². The van der Waals surface area contributed by atoms with Gasteiger partial charge in [0.15, 0.2) is 0 Å². The average molecular weight is 244 g/mol. The minimum absolute atomic E-state index is 0.497. The fourth-order valence-electron chi connectivity index (χ4n) is 2.87. The molecule has 4 nitrogen and oxygen atoms in total. The molecule has 0 amide bonds. The molecule has 1 aliphatic rings. The molecular weight excluding hydrogens is 224 g/mol. The number of fused-ring (bicyclic) bond motifs is 1. The van der Waals surface area contributed by atoms with Crippen molar-refractivity contribution in [1.29, 1.82) is 0 Å². The second-order valence-electron chi connectivity index (χ2n) is 4.96. The molecule has 1 aliphatic heterocycles. The summed E-state index contributed by atoms with van der Waals surface area (Å²) in [6.07, 6.45) is 6.72. The third-order valence-electron chi connectivity index (χ3n) is 3.89. The van der Waals surface area contributed by atoms with Gasteiger partial charge in [-0.1, -0.05) is 6.92 Å². The van der Waals surface area contributed by atoms with Crippen LogP contribution in [0.3, 0.4) is 0 Å². The summed E-state index contributed by atoms with van der Waals surface area (Å²) in [7, 11) is 0. The molecule has 0 spiro atoms. The third-order valence-corrected chi connectivity index (χ3v) is 3.89. The molecule has 3 rings (SSSR count). The maximum Gasteiger partial charge on any atom is 0.137 e. The van der Waals surface area contributed by atoms with Crippen LogP contribution in [0, 0.1) is 0 Å². The second-order valence-corrected chi connectivity index (χ2v) is 4.96. The predicted octanol–water partition coefficient (Wildman–Crippen LogP) is 1.95. The highest BCUT2D eigenvalue weighted by Crippen LogP contribution is 2.30. The number of pyridine rings is 1. The van der Waals surface area contributed by atoms with E-state index in [-0.39, 0.29) is 0 Å². The number of rotatable bonds is 3. The van der Waals surface area contributed by atoms with Gasteiger partial charge in [-0.3, -0.25) is 4.90 Å². The number of hydrogen-bond donors (Lipinski definition) is 1. The molecule has 4 heteroatoms. The molecule has 0 bridgehead atoms. The lowest BCUT2D eigenvalue weighted by Gasteiger charge is -2.20. The number of imidazole rings is 1. The van der Waals surface area contributed by atoms with Crippen LogP contribution in [-0.2, 0) is 6.54 Å². The lowest BCUT2D eigenvalue weighted by molar-refractivity contribution is 0.268. The van der Waals surface area contributed by atoms with Crippen LogP contribution in [0.25, 0.3) is 5.65 Å². The van der Waals surface area contributed by atoms with Crippen LogP contribution in [0.5, 0.6) is 0 Å². The SMILES string of the molecule is CCN1CCCC1c1cn2ccc(CN)cc2n1. The Morgan fingerprint density at radius 3 is 3.17 bits per heavy atom. The summed E-state index contributed by atoms with van der Waals surface area (Å²) in [5.74, 6) is 0. The van der Waals surface area contributed by atoms with Gasteiger partial charge in [0.2, 0.25) is 0 Å². The Balaban J connectivity index is 1.97. The van der Waals surface area contributed by atoms with Crippen LogP contribution in [0.2, 0.25) is 0 Å². The van der Waals surface area contributed by atoms with E-state index in [1.54, 1.807) is 0 Å². The summed E-state index contributed by atoms with van der Waals surface area (Å²) in [4.78, 5) is 7.27. The van der Waals surface area contributed by atoms with Gasteiger partial charge >= 0.3 is 0 Å². The summed E-state index contributed by atoms with van der Waals surface area (Å²) < 4.78 is 2.10. The zero-order valence-corrected chi connectivity index (χ0v) is 10.8. The maximum absolute atomic E-state index is 5.67. The molecule has 0 aliphatic carbocycles. The molecule has 1 saturated heterocycles. The van der Waals surface area contributed by atoms with E-state index < -0.39 is 0 Å². The molecule has 18 heavy (non-hydrogen) atoms. The first kappa shape index (κ1) is 11.7. The molecule has 1 fully saturated rings. The molecule has 2 N–H and O–H groups in total. The Morgan fingerprint density at radius 1 is 1.50 bits per heavy atom. The Hall–Kier alpha value is -1.39. The van der Waals surface area contributed by atoms with E-state index in [1.807, 2.05) is 0 Å². The van der Waals surface area contributed by atoms with Gasteiger partial charge in [-0.2, -0.15) is 0 Å². The van der Waals surface area contributed by atoms with Crippen molar-refractivity contribution in [2.75, 3.05) is 13.1 Å². The van der Waals surface area contributed by atoms with Crippen molar-refractivity contribution in [2.45, 2.75) is 32.4 Å². The summed E-state index contributed by atoms with van der Waals surface area (Å²) in [5.41, 5.74) is 9.01. The largest absolute Gasteiger partial charge is 0.326 e. The van der Waals surface area contributed by atoms with E-state index in [2.05, 4.69) is 40.8 Å². The molecule has 2 aromatic rings. The monoisotopic (exact) mass is 244 g/mol. The summed E-state index contributed by atoms with van der Waals surface area (Å²) in [6, 6.07) is 4.63. The van der Waals surface area contributed by atoms with Gasteiger partial charge in [0.25, 0.3) is 0 Å². The number of hydrogen-bond acceptors (Lipinski definition) is 3. The van der Waals surface area contributed by atoms with Crippen molar-refractivity contribution in [3.63, 3.8) is 0 Å². The van der Waals surface area contributed by atoms with Gasteiger partial charge in [-0.15, -0.1) is 0 Å². The zero-order chi connectivity index (χ0) is 12.5. The van der Waals surface area contributed by atoms with Crippen LogP contribution in [0.15, 0.2) is 24.5 Å². The number of likely N-dealkylation sites (tertiary alicyclic amines) is 1.